The molecule has 6 atom stereocenters. The number of methoxy groups -OCH3 is 1. The summed E-state index contributed by atoms with van der Waals surface area (Å²) in [5.74, 6) is -5.97. The third-order valence-electron chi connectivity index (χ3n) is 9.88. The summed E-state index contributed by atoms with van der Waals surface area (Å²) < 4.78 is 4.74. The molecule has 1 saturated carbocycles. The van der Waals surface area contributed by atoms with E-state index < -0.39 is 52.9 Å². The molecule has 2 aliphatic carbocycles. The van der Waals surface area contributed by atoms with Crippen molar-refractivity contribution in [1.82, 2.24) is 4.90 Å². The van der Waals surface area contributed by atoms with Gasteiger partial charge < -0.3 is 9.84 Å². The molecule has 3 aromatic carbocycles. The Morgan fingerprint density at radius 2 is 1.62 bits per heavy atom. The molecule has 4 aliphatic rings. The number of anilines is 1. The predicted octanol–water partition coefficient (Wildman–Crippen LogP) is 4.54. The van der Waals surface area contributed by atoms with Crippen LogP contribution in [0.25, 0.3) is 10.8 Å². The van der Waals surface area contributed by atoms with Crippen LogP contribution in [-0.2, 0) is 23.9 Å². The van der Waals surface area contributed by atoms with E-state index in [0.29, 0.717) is 16.2 Å². The zero-order valence-electron chi connectivity index (χ0n) is 23.0. The van der Waals surface area contributed by atoms with Gasteiger partial charge in [-0.3, -0.25) is 19.2 Å². The number of fused-ring (bicyclic) bond motifs is 5. The summed E-state index contributed by atoms with van der Waals surface area (Å²) in [6.07, 6.45) is 1.18. The molecule has 9 heteroatoms. The molecule has 0 spiro atoms. The summed E-state index contributed by atoms with van der Waals surface area (Å²) in [6.45, 7) is 1.78. The molecule has 0 radical (unpaired) electrons. The second-order valence-electron chi connectivity index (χ2n) is 11.7. The van der Waals surface area contributed by atoms with E-state index >= 15 is 0 Å². The first-order valence-corrected chi connectivity index (χ1v) is 14.0. The van der Waals surface area contributed by atoms with Crippen molar-refractivity contribution in [2.75, 3.05) is 12.0 Å². The lowest BCUT2D eigenvalue weighted by Crippen LogP contribution is -2.49. The number of likely N-dealkylation sites (tertiary alicyclic amines) is 1. The highest BCUT2D eigenvalue weighted by atomic mass is 16.5. The molecule has 0 bridgehead atoms. The maximum absolute atomic E-state index is 14.5. The number of aromatic hydroxyl groups is 1. The van der Waals surface area contributed by atoms with Gasteiger partial charge >= 0.3 is 6.09 Å². The van der Waals surface area contributed by atoms with Crippen LogP contribution in [0.15, 0.2) is 78.4 Å². The maximum atomic E-state index is 14.5. The zero-order chi connectivity index (χ0) is 29.5. The van der Waals surface area contributed by atoms with E-state index in [1.54, 1.807) is 49.4 Å². The van der Waals surface area contributed by atoms with E-state index in [1.165, 1.54) is 4.90 Å². The number of benzene rings is 3. The SMILES string of the molecule is COC(=O)N1C(=O)C2CC=C3C(CC4C(=O)N(c5ccccc5)C(=O)C4(C)C3c3c(O)ccc4ccccc34)C2C1=O. The van der Waals surface area contributed by atoms with E-state index in [9.17, 15) is 29.1 Å². The van der Waals surface area contributed by atoms with Crippen LogP contribution in [0.2, 0.25) is 0 Å². The summed E-state index contributed by atoms with van der Waals surface area (Å²) >= 11 is 0. The van der Waals surface area contributed by atoms with Crippen molar-refractivity contribution in [2.45, 2.75) is 25.7 Å². The molecule has 7 rings (SSSR count). The molecule has 6 unspecified atom stereocenters. The Kier molecular flexibility index (Phi) is 5.67. The van der Waals surface area contributed by atoms with E-state index in [0.717, 1.165) is 23.5 Å². The van der Waals surface area contributed by atoms with Gasteiger partial charge in [-0.1, -0.05) is 60.2 Å². The van der Waals surface area contributed by atoms with Gasteiger partial charge in [0, 0.05) is 11.5 Å². The summed E-state index contributed by atoms with van der Waals surface area (Å²) in [5.41, 5.74) is 0.387. The van der Waals surface area contributed by atoms with Crippen molar-refractivity contribution in [3.05, 3.63) is 83.9 Å². The van der Waals surface area contributed by atoms with E-state index in [2.05, 4.69) is 0 Å². The lowest BCUT2D eigenvalue weighted by Gasteiger charge is -2.49. The summed E-state index contributed by atoms with van der Waals surface area (Å²) in [7, 11) is 1.11. The van der Waals surface area contributed by atoms with Crippen molar-refractivity contribution in [1.29, 1.82) is 0 Å². The Morgan fingerprint density at radius 3 is 2.36 bits per heavy atom. The third kappa shape index (κ3) is 3.27. The zero-order valence-corrected chi connectivity index (χ0v) is 23.0. The maximum Gasteiger partial charge on any atom is 0.423 e. The molecule has 2 saturated heterocycles. The van der Waals surface area contributed by atoms with Crippen LogP contribution in [0.1, 0.15) is 31.2 Å². The topological polar surface area (TPSA) is 121 Å². The lowest BCUT2D eigenvalue weighted by atomic mass is 9.51. The Morgan fingerprint density at radius 1 is 0.905 bits per heavy atom. The van der Waals surface area contributed by atoms with Gasteiger partial charge in [0.1, 0.15) is 5.75 Å². The summed E-state index contributed by atoms with van der Waals surface area (Å²) in [6, 6.07) is 19.6. The van der Waals surface area contributed by atoms with Crippen molar-refractivity contribution >= 4 is 46.2 Å². The first-order chi connectivity index (χ1) is 20.2. The number of rotatable bonds is 2. The second kappa shape index (κ2) is 9.11. The fourth-order valence-electron chi connectivity index (χ4n) is 8.01. The number of ether oxygens (including phenoxy) is 1. The highest BCUT2D eigenvalue weighted by Gasteiger charge is 2.68. The molecule has 2 heterocycles. The van der Waals surface area contributed by atoms with Gasteiger partial charge in [0.05, 0.1) is 36.0 Å². The normalized spacial score (nSPS) is 30.2. The predicted molar refractivity (Wildman–Crippen MR) is 151 cm³/mol. The minimum Gasteiger partial charge on any atom is -0.508 e. The smallest absolute Gasteiger partial charge is 0.423 e. The van der Waals surface area contributed by atoms with Crippen molar-refractivity contribution < 1.29 is 33.8 Å². The van der Waals surface area contributed by atoms with Gasteiger partial charge in [-0.2, -0.15) is 4.90 Å². The molecule has 5 amide bonds. The molecule has 1 N–H and O–H groups in total. The molecule has 42 heavy (non-hydrogen) atoms. The minimum absolute atomic E-state index is 0.0224. The van der Waals surface area contributed by atoms with Crippen molar-refractivity contribution in [3.8, 4) is 5.75 Å². The largest absolute Gasteiger partial charge is 0.508 e. The van der Waals surface area contributed by atoms with Gasteiger partial charge in [-0.05, 0) is 54.7 Å². The van der Waals surface area contributed by atoms with Crippen LogP contribution in [-0.4, -0.2) is 46.8 Å². The van der Waals surface area contributed by atoms with Crippen molar-refractivity contribution in [2.24, 2.45) is 29.1 Å². The molecule has 212 valence electrons. The quantitative estimate of drug-likeness (QED) is 0.358. The van der Waals surface area contributed by atoms with Crippen LogP contribution in [0.4, 0.5) is 10.5 Å². The van der Waals surface area contributed by atoms with Gasteiger partial charge in [0.15, 0.2) is 0 Å². The van der Waals surface area contributed by atoms with Gasteiger partial charge in [0.2, 0.25) is 23.6 Å². The molecule has 3 aromatic rings. The monoisotopic (exact) mass is 564 g/mol. The highest BCUT2D eigenvalue weighted by molar-refractivity contribution is 6.24. The van der Waals surface area contributed by atoms with E-state index in [4.69, 9.17) is 4.74 Å². The standard InChI is InChI=1S/C33H28N2O7/c1-33-23(29(38)34(31(33)40)18-9-4-3-5-10-18)16-22-20(13-14-21-25(22)30(39)35(28(21)37)32(41)42-2)27(33)26-19-11-7-6-8-17(19)12-15-24(26)36/h3-13,15,21-23,25,27,36H,14,16H2,1-2H3. The second-order valence-corrected chi connectivity index (χ2v) is 11.7. The van der Waals surface area contributed by atoms with Gasteiger partial charge in [-0.25, -0.2) is 9.69 Å². The summed E-state index contributed by atoms with van der Waals surface area (Å²) in [5, 5.41) is 13.0. The Balaban J connectivity index is 1.46. The van der Waals surface area contributed by atoms with Crippen LogP contribution >= 0.6 is 0 Å². The third-order valence-corrected chi connectivity index (χ3v) is 9.88. The van der Waals surface area contributed by atoms with Gasteiger partial charge in [-0.15, -0.1) is 0 Å². The highest BCUT2D eigenvalue weighted by Crippen LogP contribution is 2.65. The number of nitrogens with zero attached hydrogens (tertiary/aromatic N) is 2. The van der Waals surface area contributed by atoms with E-state index in [-0.39, 0.29) is 30.4 Å². The number of para-hydroxylation sites is 1. The number of carbonyl (C=O) groups is 5. The molecule has 3 fully saturated rings. The number of amides is 5. The first kappa shape index (κ1) is 26.1. The molecular weight excluding hydrogens is 536 g/mol. The number of hydrogen-bond acceptors (Lipinski definition) is 7. The van der Waals surface area contributed by atoms with Crippen LogP contribution in [0.3, 0.4) is 0 Å². The van der Waals surface area contributed by atoms with Crippen LogP contribution in [0.5, 0.6) is 5.75 Å². The number of carbonyl (C=O) groups excluding carboxylic acids is 5. The number of imide groups is 4. The summed E-state index contributed by atoms with van der Waals surface area (Å²) in [4.78, 5) is 69.9. The number of hydrogen-bond donors (Lipinski definition) is 1. The number of allylic oxidation sites excluding steroid dienone is 2. The average Bonchev–Trinajstić information content (AvgIpc) is 3.37. The van der Waals surface area contributed by atoms with Gasteiger partial charge in [0.25, 0.3) is 0 Å². The average molecular weight is 565 g/mol. The molecular formula is C33H28N2O7. The molecule has 9 nitrogen and oxygen atoms in total. The lowest BCUT2D eigenvalue weighted by molar-refractivity contribution is -0.138. The Labute approximate surface area is 241 Å². The first-order valence-electron chi connectivity index (χ1n) is 14.0. The number of phenolic OH excluding ortho intramolecular Hbond substituents is 1. The fraction of sp³-hybridized carbons (Fsp3) is 0.303. The molecule has 2 aliphatic heterocycles. The Hall–Kier alpha value is -4.79. The molecule has 0 aromatic heterocycles. The van der Waals surface area contributed by atoms with Crippen LogP contribution < -0.4 is 4.90 Å². The van der Waals surface area contributed by atoms with E-state index in [1.807, 2.05) is 30.3 Å². The Bertz CT molecular complexity index is 1750. The van der Waals surface area contributed by atoms with Crippen LogP contribution in [0, 0.1) is 29.1 Å². The number of phenols is 1. The fourth-order valence-corrected chi connectivity index (χ4v) is 8.01. The van der Waals surface area contributed by atoms with Crippen molar-refractivity contribution in [3.63, 3.8) is 0 Å². The minimum atomic E-state index is -1.29.